The summed E-state index contributed by atoms with van der Waals surface area (Å²) < 4.78 is 5.51. The maximum atomic E-state index is 11.4. The first kappa shape index (κ1) is 17.8. The molecule has 1 fully saturated rings. The molecule has 0 saturated heterocycles. The van der Waals surface area contributed by atoms with Crippen molar-refractivity contribution in [1.29, 1.82) is 0 Å². The molecular formula is C22H27NO2. The predicted octanol–water partition coefficient (Wildman–Crippen LogP) is 4.22. The quantitative estimate of drug-likeness (QED) is 0.709. The summed E-state index contributed by atoms with van der Waals surface area (Å²) in [7, 11) is 1.65. The third-order valence-corrected chi connectivity index (χ3v) is 5.40. The third-order valence-electron chi connectivity index (χ3n) is 5.40. The monoisotopic (exact) mass is 337 g/mol. The van der Waals surface area contributed by atoms with Crippen molar-refractivity contribution in [3.63, 3.8) is 0 Å². The van der Waals surface area contributed by atoms with Crippen molar-refractivity contribution in [2.45, 2.75) is 50.4 Å². The van der Waals surface area contributed by atoms with E-state index in [1.165, 1.54) is 11.1 Å². The zero-order valence-corrected chi connectivity index (χ0v) is 14.9. The molecule has 1 aliphatic rings. The molecule has 0 bridgehead atoms. The Morgan fingerprint density at radius 1 is 0.960 bits per heavy atom. The molecule has 2 aromatic rings. The molecule has 2 aromatic carbocycles. The number of carbonyl (C=O) groups excluding carboxylic acids is 1. The van der Waals surface area contributed by atoms with Gasteiger partial charge in [-0.2, -0.15) is 0 Å². The average molecular weight is 337 g/mol. The van der Waals surface area contributed by atoms with Crippen LogP contribution in [0.3, 0.4) is 0 Å². The first-order chi connectivity index (χ1) is 12.2. The fourth-order valence-corrected chi connectivity index (χ4v) is 3.78. The molecule has 1 aliphatic carbocycles. The molecule has 0 heterocycles. The van der Waals surface area contributed by atoms with E-state index in [0.29, 0.717) is 6.04 Å². The molecule has 0 spiro atoms. The van der Waals surface area contributed by atoms with E-state index in [2.05, 4.69) is 65.6 Å². The van der Waals surface area contributed by atoms with Gasteiger partial charge in [-0.15, -0.1) is 0 Å². The van der Waals surface area contributed by atoms with Gasteiger partial charge in [0.05, 0.1) is 0 Å². The number of hydrogen-bond acceptors (Lipinski definition) is 3. The molecule has 0 aromatic heterocycles. The number of ether oxygens (including phenoxy) is 1. The number of rotatable bonds is 7. The summed E-state index contributed by atoms with van der Waals surface area (Å²) in [5, 5.41) is 0. The number of benzene rings is 2. The van der Waals surface area contributed by atoms with Crippen LogP contribution < -0.4 is 0 Å². The summed E-state index contributed by atoms with van der Waals surface area (Å²) in [4.78, 5) is 14.0. The topological polar surface area (TPSA) is 29.5 Å². The van der Waals surface area contributed by atoms with Gasteiger partial charge in [-0.3, -0.25) is 4.90 Å². The largest absolute Gasteiger partial charge is 0.371 e. The smallest absolute Gasteiger partial charge is 0.151 e. The van der Waals surface area contributed by atoms with E-state index < -0.39 is 5.60 Å². The van der Waals surface area contributed by atoms with Gasteiger partial charge in [-0.25, -0.2) is 0 Å². The predicted molar refractivity (Wildman–Crippen MR) is 100 cm³/mol. The molecule has 3 nitrogen and oxygen atoms in total. The molecule has 0 atom stereocenters. The Hall–Kier alpha value is -1.97. The molecule has 0 radical (unpaired) electrons. The van der Waals surface area contributed by atoms with Crippen LogP contribution in [0.5, 0.6) is 0 Å². The summed E-state index contributed by atoms with van der Waals surface area (Å²) in [6.07, 6.45) is 4.59. The second-order valence-electron chi connectivity index (χ2n) is 6.99. The minimum Gasteiger partial charge on any atom is -0.371 e. The van der Waals surface area contributed by atoms with Gasteiger partial charge in [-0.05, 0) is 36.8 Å². The van der Waals surface area contributed by atoms with Crippen LogP contribution in [0.2, 0.25) is 0 Å². The second-order valence-corrected chi connectivity index (χ2v) is 6.99. The van der Waals surface area contributed by atoms with E-state index in [4.69, 9.17) is 4.74 Å². The zero-order valence-electron chi connectivity index (χ0n) is 14.9. The van der Waals surface area contributed by atoms with Gasteiger partial charge in [0, 0.05) is 26.2 Å². The van der Waals surface area contributed by atoms with Gasteiger partial charge >= 0.3 is 0 Å². The fraction of sp³-hybridized carbons (Fsp3) is 0.409. The van der Waals surface area contributed by atoms with Crippen LogP contribution in [-0.2, 0) is 22.6 Å². The van der Waals surface area contributed by atoms with Crippen LogP contribution >= 0.6 is 0 Å². The summed E-state index contributed by atoms with van der Waals surface area (Å²) in [6, 6.07) is 21.7. The molecule has 3 rings (SSSR count). The molecule has 0 unspecified atom stereocenters. The lowest BCUT2D eigenvalue weighted by Crippen LogP contribution is -2.45. The first-order valence-electron chi connectivity index (χ1n) is 9.08. The van der Waals surface area contributed by atoms with Crippen LogP contribution in [0, 0.1) is 0 Å². The van der Waals surface area contributed by atoms with Crippen LogP contribution in [0.1, 0.15) is 36.8 Å². The van der Waals surface area contributed by atoms with Crippen LogP contribution in [-0.4, -0.2) is 29.9 Å². The molecule has 0 amide bonds. The first-order valence-corrected chi connectivity index (χ1v) is 9.08. The van der Waals surface area contributed by atoms with Crippen LogP contribution in [0.15, 0.2) is 60.7 Å². The van der Waals surface area contributed by atoms with Crippen LogP contribution in [0.25, 0.3) is 0 Å². The average Bonchev–Trinajstić information content (AvgIpc) is 2.69. The zero-order chi connectivity index (χ0) is 17.5. The Morgan fingerprint density at radius 3 is 1.84 bits per heavy atom. The molecular weight excluding hydrogens is 310 g/mol. The molecule has 3 heteroatoms. The normalized spacial score (nSPS) is 23.5. The van der Waals surface area contributed by atoms with Crippen molar-refractivity contribution in [3.05, 3.63) is 71.8 Å². The van der Waals surface area contributed by atoms with Gasteiger partial charge in [0.15, 0.2) is 6.29 Å². The maximum Gasteiger partial charge on any atom is 0.151 e. The Balaban J connectivity index is 1.73. The van der Waals surface area contributed by atoms with E-state index in [-0.39, 0.29) is 0 Å². The van der Waals surface area contributed by atoms with E-state index >= 15 is 0 Å². The number of nitrogens with zero attached hydrogens (tertiary/aromatic N) is 1. The Morgan fingerprint density at radius 2 is 1.44 bits per heavy atom. The Kier molecular flexibility index (Phi) is 6.00. The van der Waals surface area contributed by atoms with Gasteiger partial charge < -0.3 is 9.53 Å². The van der Waals surface area contributed by atoms with Crippen molar-refractivity contribution in [3.8, 4) is 0 Å². The summed E-state index contributed by atoms with van der Waals surface area (Å²) >= 11 is 0. The highest BCUT2D eigenvalue weighted by Crippen LogP contribution is 2.33. The van der Waals surface area contributed by atoms with E-state index in [9.17, 15) is 4.79 Å². The van der Waals surface area contributed by atoms with Crippen LogP contribution in [0.4, 0.5) is 0 Å². The number of aldehydes is 1. The van der Waals surface area contributed by atoms with Gasteiger partial charge in [0.2, 0.25) is 0 Å². The number of methoxy groups -OCH3 is 1. The Bertz CT molecular complexity index is 607. The lowest BCUT2D eigenvalue weighted by Gasteiger charge is -2.40. The van der Waals surface area contributed by atoms with E-state index in [1.807, 2.05) is 0 Å². The minimum atomic E-state index is -0.568. The van der Waals surface area contributed by atoms with Crippen molar-refractivity contribution in [2.24, 2.45) is 0 Å². The van der Waals surface area contributed by atoms with E-state index in [0.717, 1.165) is 45.1 Å². The second kappa shape index (κ2) is 8.41. The SMILES string of the molecule is COC1(C=O)CCC(N(Cc2ccccc2)Cc2ccccc2)CC1. The fourth-order valence-electron chi connectivity index (χ4n) is 3.78. The highest BCUT2D eigenvalue weighted by Gasteiger charge is 2.36. The van der Waals surface area contributed by atoms with Gasteiger partial charge in [0.1, 0.15) is 5.60 Å². The third kappa shape index (κ3) is 4.56. The lowest BCUT2D eigenvalue weighted by molar-refractivity contribution is -0.133. The molecule has 132 valence electrons. The Labute approximate surface area is 150 Å². The van der Waals surface area contributed by atoms with Gasteiger partial charge in [0.25, 0.3) is 0 Å². The van der Waals surface area contributed by atoms with Crippen molar-refractivity contribution in [2.75, 3.05) is 7.11 Å². The molecule has 1 saturated carbocycles. The summed E-state index contributed by atoms with van der Waals surface area (Å²) in [5.41, 5.74) is 2.09. The highest BCUT2D eigenvalue weighted by atomic mass is 16.5. The lowest BCUT2D eigenvalue weighted by atomic mass is 9.82. The highest BCUT2D eigenvalue weighted by molar-refractivity contribution is 5.62. The standard InChI is InChI=1S/C22H27NO2/c1-25-22(18-24)14-12-21(13-15-22)23(16-19-8-4-2-5-9-19)17-20-10-6-3-7-11-20/h2-11,18,21H,12-17H2,1H3. The summed E-state index contributed by atoms with van der Waals surface area (Å²) in [5.74, 6) is 0. The number of hydrogen-bond donors (Lipinski definition) is 0. The van der Waals surface area contributed by atoms with Crippen molar-refractivity contribution < 1.29 is 9.53 Å². The van der Waals surface area contributed by atoms with Crippen molar-refractivity contribution in [1.82, 2.24) is 4.90 Å². The summed E-state index contributed by atoms with van der Waals surface area (Å²) in [6.45, 7) is 1.86. The minimum absolute atomic E-state index is 0.476. The molecule has 0 aliphatic heterocycles. The van der Waals surface area contributed by atoms with Crippen molar-refractivity contribution >= 4 is 6.29 Å². The van der Waals surface area contributed by atoms with E-state index in [1.54, 1.807) is 7.11 Å². The molecule has 25 heavy (non-hydrogen) atoms. The number of carbonyl (C=O) groups is 1. The maximum absolute atomic E-state index is 11.4. The molecule has 0 N–H and O–H groups in total. The van der Waals surface area contributed by atoms with Gasteiger partial charge in [-0.1, -0.05) is 60.7 Å².